The molecule has 0 fully saturated rings. The van der Waals surface area contributed by atoms with E-state index < -0.39 is 23.8 Å². The van der Waals surface area contributed by atoms with Crippen LogP contribution in [0.15, 0.2) is 0 Å². The second-order valence-electron chi connectivity index (χ2n) is 5.38. The van der Waals surface area contributed by atoms with Crippen molar-refractivity contribution in [1.29, 1.82) is 0 Å². The Balaban J connectivity index is 4.29. The van der Waals surface area contributed by atoms with Crippen LogP contribution in [0.1, 0.15) is 48.5 Å². The summed E-state index contributed by atoms with van der Waals surface area (Å²) in [6, 6.07) is 0. The van der Waals surface area contributed by atoms with E-state index in [2.05, 4.69) is 0 Å². The highest BCUT2D eigenvalue weighted by atomic mass is 16.8. The lowest BCUT2D eigenvalue weighted by Crippen LogP contribution is -2.35. The van der Waals surface area contributed by atoms with E-state index in [1.165, 1.54) is 6.92 Å². The molecule has 0 aromatic heterocycles. The molecule has 0 radical (unpaired) electrons. The Labute approximate surface area is 109 Å². The first-order valence-corrected chi connectivity index (χ1v) is 6.15. The lowest BCUT2D eigenvalue weighted by molar-refractivity contribution is -0.181. The highest BCUT2D eigenvalue weighted by molar-refractivity contribution is 5.76. The van der Waals surface area contributed by atoms with Gasteiger partial charge in [0.05, 0.1) is 11.5 Å². The third-order valence-electron chi connectivity index (χ3n) is 2.84. The van der Waals surface area contributed by atoms with Crippen LogP contribution < -0.4 is 0 Å². The SMILES string of the molecule is CC(C)OC(=O)OC(C)OC(=O)C(C)(C)C(C)C. The van der Waals surface area contributed by atoms with E-state index in [0.29, 0.717) is 0 Å². The quantitative estimate of drug-likeness (QED) is 0.561. The first-order chi connectivity index (χ1) is 8.07. The van der Waals surface area contributed by atoms with E-state index in [1.54, 1.807) is 27.7 Å². The van der Waals surface area contributed by atoms with Crippen LogP contribution in [-0.2, 0) is 19.0 Å². The van der Waals surface area contributed by atoms with Gasteiger partial charge in [0.2, 0.25) is 6.29 Å². The molecule has 0 heterocycles. The van der Waals surface area contributed by atoms with Gasteiger partial charge in [-0.2, -0.15) is 0 Å². The maximum absolute atomic E-state index is 11.9. The van der Waals surface area contributed by atoms with Crippen LogP contribution in [0.4, 0.5) is 4.79 Å². The molecule has 1 unspecified atom stereocenters. The van der Waals surface area contributed by atoms with Gasteiger partial charge >= 0.3 is 12.1 Å². The maximum atomic E-state index is 11.9. The van der Waals surface area contributed by atoms with E-state index in [0.717, 1.165) is 0 Å². The first kappa shape index (κ1) is 16.7. The molecule has 5 heteroatoms. The molecule has 106 valence electrons. The van der Waals surface area contributed by atoms with Gasteiger partial charge < -0.3 is 14.2 Å². The second-order valence-corrected chi connectivity index (χ2v) is 5.38. The number of carbonyl (C=O) groups excluding carboxylic acids is 2. The fraction of sp³-hybridized carbons (Fsp3) is 0.846. The molecule has 0 aliphatic carbocycles. The van der Waals surface area contributed by atoms with Gasteiger partial charge in [0, 0.05) is 6.92 Å². The van der Waals surface area contributed by atoms with Crippen LogP contribution in [-0.4, -0.2) is 24.5 Å². The molecule has 0 aromatic carbocycles. The zero-order valence-corrected chi connectivity index (χ0v) is 12.3. The summed E-state index contributed by atoms with van der Waals surface area (Å²) < 4.78 is 14.7. The fourth-order valence-electron chi connectivity index (χ4n) is 0.918. The Hall–Kier alpha value is -1.26. The molecule has 0 amide bonds. The van der Waals surface area contributed by atoms with Crippen LogP contribution in [0.3, 0.4) is 0 Å². The molecule has 0 aliphatic heterocycles. The van der Waals surface area contributed by atoms with Crippen molar-refractivity contribution in [2.75, 3.05) is 0 Å². The largest absolute Gasteiger partial charge is 0.511 e. The monoisotopic (exact) mass is 260 g/mol. The van der Waals surface area contributed by atoms with Gasteiger partial charge in [-0.15, -0.1) is 0 Å². The highest BCUT2D eigenvalue weighted by Crippen LogP contribution is 2.28. The Morgan fingerprint density at radius 1 is 0.889 bits per heavy atom. The van der Waals surface area contributed by atoms with E-state index in [4.69, 9.17) is 14.2 Å². The lowest BCUT2D eigenvalue weighted by Gasteiger charge is -2.28. The van der Waals surface area contributed by atoms with Crippen molar-refractivity contribution in [2.45, 2.75) is 60.9 Å². The van der Waals surface area contributed by atoms with Crippen LogP contribution in [0.2, 0.25) is 0 Å². The van der Waals surface area contributed by atoms with Gasteiger partial charge in [-0.3, -0.25) is 4.79 Å². The number of hydrogen-bond donors (Lipinski definition) is 0. The summed E-state index contributed by atoms with van der Waals surface area (Å²) in [7, 11) is 0. The molecular formula is C13H24O5. The zero-order chi connectivity index (χ0) is 14.5. The number of ether oxygens (including phenoxy) is 3. The predicted molar refractivity (Wildman–Crippen MR) is 66.9 cm³/mol. The minimum atomic E-state index is -0.957. The average molecular weight is 260 g/mol. The Morgan fingerprint density at radius 3 is 1.78 bits per heavy atom. The smallest absolute Gasteiger partial charge is 0.431 e. The van der Waals surface area contributed by atoms with E-state index in [1.807, 2.05) is 13.8 Å². The molecule has 0 rings (SSSR count). The normalized spacial score (nSPS) is 13.4. The Kier molecular flexibility index (Phi) is 6.15. The second kappa shape index (κ2) is 6.61. The van der Waals surface area contributed by atoms with Gasteiger partial charge in [0.25, 0.3) is 0 Å². The Bertz CT molecular complexity index is 294. The summed E-state index contributed by atoms with van der Waals surface area (Å²) in [5, 5.41) is 0. The van der Waals surface area contributed by atoms with Crippen molar-refractivity contribution in [3.63, 3.8) is 0 Å². The topological polar surface area (TPSA) is 61.8 Å². The van der Waals surface area contributed by atoms with Crippen molar-refractivity contribution in [3.8, 4) is 0 Å². The predicted octanol–water partition coefficient (Wildman–Crippen LogP) is 3.12. The molecule has 0 bridgehead atoms. The van der Waals surface area contributed by atoms with Gasteiger partial charge in [0.15, 0.2) is 0 Å². The third-order valence-corrected chi connectivity index (χ3v) is 2.84. The molecular weight excluding hydrogens is 236 g/mol. The molecule has 5 nitrogen and oxygen atoms in total. The van der Waals surface area contributed by atoms with Crippen molar-refractivity contribution < 1.29 is 23.8 Å². The molecule has 18 heavy (non-hydrogen) atoms. The average Bonchev–Trinajstić information content (AvgIpc) is 2.14. The lowest BCUT2D eigenvalue weighted by atomic mass is 9.81. The van der Waals surface area contributed by atoms with Crippen LogP contribution in [0.5, 0.6) is 0 Å². The minimum absolute atomic E-state index is 0.125. The van der Waals surface area contributed by atoms with Crippen molar-refractivity contribution >= 4 is 12.1 Å². The van der Waals surface area contributed by atoms with E-state index in [9.17, 15) is 9.59 Å². The number of rotatable bonds is 5. The molecule has 0 aliphatic rings. The van der Waals surface area contributed by atoms with Gasteiger partial charge in [-0.1, -0.05) is 13.8 Å². The maximum Gasteiger partial charge on any atom is 0.511 e. The molecule has 0 spiro atoms. The molecule has 0 saturated heterocycles. The highest BCUT2D eigenvalue weighted by Gasteiger charge is 2.34. The van der Waals surface area contributed by atoms with Crippen LogP contribution in [0, 0.1) is 11.3 Å². The van der Waals surface area contributed by atoms with E-state index in [-0.39, 0.29) is 12.0 Å². The number of esters is 1. The molecule has 0 aromatic rings. The van der Waals surface area contributed by atoms with Crippen molar-refractivity contribution in [2.24, 2.45) is 11.3 Å². The Morgan fingerprint density at radius 2 is 1.39 bits per heavy atom. The summed E-state index contributed by atoms with van der Waals surface area (Å²) in [5.41, 5.74) is -0.625. The zero-order valence-electron chi connectivity index (χ0n) is 12.3. The standard InChI is InChI=1S/C13H24O5/c1-8(2)13(6,7)11(14)17-10(5)18-12(15)16-9(3)4/h8-10H,1-7H3. The molecule has 0 N–H and O–H groups in total. The van der Waals surface area contributed by atoms with Crippen molar-refractivity contribution in [1.82, 2.24) is 0 Å². The summed E-state index contributed by atoms with van der Waals surface area (Å²) in [6.07, 6.45) is -2.07. The van der Waals surface area contributed by atoms with Crippen LogP contribution >= 0.6 is 0 Å². The summed E-state index contributed by atoms with van der Waals surface area (Å²) in [6.45, 7) is 12.3. The number of hydrogen-bond acceptors (Lipinski definition) is 5. The van der Waals surface area contributed by atoms with Crippen molar-refractivity contribution in [3.05, 3.63) is 0 Å². The summed E-state index contributed by atoms with van der Waals surface area (Å²) >= 11 is 0. The minimum Gasteiger partial charge on any atom is -0.431 e. The first-order valence-electron chi connectivity index (χ1n) is 6.15. The summed E-state index contributed by atoms with van der Waals surface area (Å²) in [5.74, 6) is -0.276. The number of carbonyl (C=O) groups is 2. The summed E-state index contributed by atoms with van der Waals surface area (Å²) in [4.78, 5) is 23.1. The van der Waals surface area contributed by atoms with Crippen LogP contribution in [0.25, 0.3) is 0 Å². The van der Waals surface area contributed by atoms with Gasteiger partial charge in [-0.05, 0) is 33.6 Å². The third kappa shape index (κ3) is 5.38. The van der Waals surface area contributed by atoms with E-state index >= 15 is 0 Å². The molecule has 0 saturated carbocycles. The fourth-order valence-corrected chi connectivity index (χ4v) is 0.918. The molecule has 1 atom stereocenters. The van der Waals surface area contributed by atoms with Gasteiger partial charge in [-0.25, -0.2) is 4.79 Å². The van der Waals surface area contributed by atoms with Gasteiger partial charge in [0.1, 0.15) is 0 Å².